The van der Waals surface area contributed by atoms with Crippen LogP contribution in [-0.4, -0.2) is 26.9 Å². The predicted octanol–water partition coefficient (Wildman–Crippen LogP) is 3.34. The first-order valence-corrected chi connectivity index (χ1v) is 7.13. The van der Waals surface area contributed by atoms with Gasteiger partial charge in [-0.2, -0.15) is 0 Å². The molecule has 2 aromatic rings. The number of hydrogen-bond acceptors (Lipinski definition) is 5. The van der Waals surface area contributed by atoms with E-state index >= 15 is 0 Å². The van der Waals surface area contributed by atoms with Crippen LogP contribution in [0.25, 0.3) is 0 Å². The third-order valence-corrected chi connectivity index (χ3v) is 3.59. The van der Waals surface area contributed by atoms with Gasteiger partial charge in [-0.05, 0) is 24.3 Å². The van der Waals surface area contributed by atoms with Crippen molar-refractivity contribution in [2.45, 2.75) is 0 Å². The highest BCUT2D eigenvalue weighted by Crippen LogP contribution is 2.49. The minimum atomic E-state index is -0.360. The number of amides is 1. The number of nitrogens with one attached hydrogen (secondary N) is 1. The maximum absolute atomic E-state index is 12.6. The molecule has 0 saturated heterocycles. The van der Waals surface area contributed by atoms with Gasteiger partial charge in [0.05, 0.1) is 19.8 Å². The number of anilines is 1. The lowest BCUT2D eigenvalue weighted by molar-refractivity contribution is 0.102. The third kappa shape index (κ3) is 2.85. The Balaban J connectivity index is 1.98. The van der Waals surface area contributed by atoms with Gasteiger partial charge in [0, 0.05) is 16.8 Å². The van der Waals surface area contributed by atoms with Crippen LogP contribution in [0.4, 0.5) is 5.69 Å². The number of rotatable bonds is 4. The Morgan fingerprint density at radius 1 is 1.13 bits per heavy atom. The Kier molecular flexibility index (Phi) is 4.16. The number of carbonyl (C=O) groups excluding carboxylic acids is 1. The van der Waals surface area contributed by atoms with Crippen molar-refractivity contribution >= 4 is 23.2 Å². The second kappa shape index (κ2) is 6.26. The molecule has 0 saturated carbocycles. The maximum atomic E-state index is 12.6. The second-order valence-corrected chi connectivity index (χ2v) is 5.12. The molecule has 1 aliphatic rings. The summed E-state index contributed by atoms with van der Waals surface area (Å²) in [7, 11) is 2.95. The number of methoxy groups -OCH3 is 2. The Morgan fingerprint density at radius 3 is 2.48 bits per heavy atom. The minimum absolute atomic E-state index is 0.0459. The summed E-state index contributed by atoms with van der Waals surface area (Å²) in [5.41, 5.74) is 0.890. The Hall–Kier alpha value is -2.60. The summed E-state index contributed by atoms with van der Waals surface area (Å²) in [6, 6.07) is 8.34. The molecular formula is C16H14ClNO5. The molecule has 1 amide bonds. The van der Waals surface area contributed by atoms with E-state index in [0.29, 0.717) is 33.7 Å². The molecule has 0 spiro atoms. The molecule has 0 radical (unpaired) electrons. The van der Waals surface area contributed by atoms with Crippen LogP contribution in [0.5, 0.6) is 23.0 Å². The van der Waals surface area contributed by atoms with Crippen LogP contribution in [0.3, 0.4) is 0 Å². The molecule has 0 aliphatic carbocycles. The molecule has 0 aromatic heterocycles. The van der Waals surface area contributed by atoms with E-state index in [1.165, 1.54) is 14.2 Å². The summed E-state index contributed by atoms with van der Waals surface area (Å²) in [5.74, 6) is 1.12. The standard InChI is InChI=1S/C16H14ClNO5/c1-20-12-7-11(13(21-2)15-14(12)22-8-23-15)16(19)18-10-5-3-9(17)4-6-10/h3-7H,8H2,1-2H3,(H,18,19). The summed E-state index contributed by atoms with van der Waals surface area (Å²) >= 11 is 5.84. The quantitative estimate of drug-likeness (QED) is 0.928. The average Bonchev–Trinajstić information content (AvgIpc) is 3.04. The fourth-order valence-electron chi connectivity index (χ4n) is 2.27. The van der Waals surface area contributed by atoms with E-state index in [0.717, 1.165) is 0 Å². The van der Waals surface area contributed by atoms with Crippen molar-refractivity contribution in [3.63, 3.8) is 0 Å². The van der Waals surface area contributed by atoms with Gasteiger partial charge in [0.25, 0.3) is 5.91 Å². The summed E-state index contributed by atoms with van der Waals surface area (Å²) in [5, 5.41) is 3.36. The van der Waals surface area contributed by atoms with E-state index in [4.69, 9.17) is 30.5 Å². The Morgan fingerprint density at radius 2 is 1.83 bits per heavy atom. The molecule has 0 fully saturated rings. The number of benzene rings is 2. The summed E-state index contributed by atoms with van der Waals surface area (Å²) in [6.45, 7) is 0.0459. The molecule has 7 heteroatoms. The summed E-state index contributed by atoms with van der Waals surface area (Å²) in [4.78, 5) is 12.6. The molecule has 6 nitrogen and oxygen atoms in total. The van der Waals surface area contributed by atoms with E-state index < -0.39 is 0 Å². The molecule has 0 atom stereocenters. The van der Waals surface area contributed by atoms with Crippen LogP contribution in [-0.2, 0) is 0 Å². The first kappa shape index (κ1) is 15.3. The monoisotopic (exact) mass is 335 g/mol. The van der Waals surface area contributed by atoms with Crippen molar-refractivity contribution in [2.24, 2.45) is 0 Å². The van der Waals surface area contributed by atoms with Crippen molar-refractivity contribution in [2.75, 3.05) is 26.3 Å². The van der Waals surface area contributed by atoms with Gasteiger partial charge < -0.3 is 24.3 Å². The van der Waals surface area contributed by atoms with Gasteiger partial charge in [-0.1, -0.05) is 11.6 Å². The van der Waals surface area contributed by atoms with Crippen molar-refractivity contribution in [3.05, 3.63) is 40.9 Å². The van der Waals surface area contributed by atoms with Crippen LogP contribution >= 0.6 is 11.6 Å². The van der Waals surface area contributed by atoms with Gasteiger partial charge in [-0.15, -0.1) is 0 Å². The van der Waals surface area contributed by atoms with Crippen molar-refractivity contribution in [3.8, 4) is 23.0 Å². The normalized spacial score (nSPS) is 12.0. The number of ether oxygens (including phenoxy) is 4. The van der Waals surface area contributed by atoms with E-state index in [1.54, 1.807) is 30.3 Å². The van der Waals surface area contributed by atoms with Crippen LogP contribution in [0, 0.1) is 0 Å². The minimum Gasteiger partial charge on any atom is -0.493 e. The molecule has 2 aromatic carbocycles. The zero-order chi connectivity index (χ0) is 16.4. The van der Waals surface area contributed by atoms with E-state index in [2.05, 4.69) is 5.32 Å². The molecule has 1 N–H and O–H groups in total. The van der Waals surface area contributed by atoms with Crippen LogP contribution in [0.1, 0.15) is 10.4 Å². The lowest BCUT2D eigenvalue weighted by Crippen LogP contribution is -2.13. The van der Waals surface area contributed by atoms with Gasteiger partial charge in [-0.3, -0.25) is 4.79 Å². The maximum Gasteiger partial charge on any atom is 0.259 e. The molecule has 0 unspecified atom stereocenters. The predicted molar refractivity (Wildman–Crippen MR) is 85.1 cm³/mol. The van der Waals surface area contributed by atoms with Gasteiger partial charge in [0.2, 0.25) is 18.3 Å². The molecule has 3 rings (SSSR count). The first-order chi connectivity index (χ1) is 11.1. The molecule has 1 heterocycles. The van der Waals surface area contributed by atoms with E-state index in [-0.39, 0.29) is 18.3 Å². The topological polar surface area (TPSA) is 66.0 Å². The number of hydrogen-bond donors (Lipinski definition) is 1. The molecular weight excluding hydrogens is 322 g/mol. The van der Waals surface area contributed by atoms with Crippen molar-refractivity contribution in [1.29, 1.82) is 0 Å². The highest BCUT2D eigenvalue weighted by molar-refractivity contribution is 6.30. The van der Waals surface area contributed by atoms with Gasteiger partial charge >= 0.3 is 0 Å². The van der Waals surface area contributed by atoms with Gasteiger partial charge in [0.15, 0.2) is 11.5 Å². The fourth-order valence-corrected chi connectivity index (χ4v) is 2.40. The number of carbonyl (C=O) groups is 1. The van der Waals surface area contributed by atoms with E-state index in [1.807, 2.05) is 0 Å². The van der Waals surface area contributed by atoms with Crippen molar-refractivity contribution < 1.29 is 23.7 Å². The highest BCUT2D eigenvalue weighted by Gasteiger charge is 2.29. The fraction of sp³-hybridized carbons (Fsp3) is 0.188. The van der Waals surface area contributed by atoms with Crippen molar-refractivity contribution in [1.82, 2.24) is 0 Å². The first-order valence-electron chi connectivity index (χ1n) is 6.75. The van der Waals surface area contributed by atoms with E-state index in [9.17, 15) is 4.79 Å². The zero-order valence-corrected chi connectivity index (χ0v) is 13.3. The zero-order valence-electron chi connectivity index (χ0n) is 12.5. The highest BCUT2D eigenvalue weighted by atomic mass is 35.5. The molecule has 23 heavy (non-hydrogen) atoms. The largest absolute Gasteiger partial charge is 0.493 e. The average molecular weight is 336 g/mol. The lowest BCUT2D eigenvalue weighted by Gasteiger charge is -2.14. The third-order valence-electron chi connectivity index (χ3n) is 3.33. The lowest BCUT2D eigenvalue weighted by atomic mass is 10.1. The smallest absolute Gasteiger partial charge is 0.259 e. The molecule has 120 valence electrons. The number of halogens is 1. The molecule has 1 aliphatic heterocycles. The summed E-state index contributed by atoms with van der Waals surface area (Å²) in [6.07, 6.45) is 0. The van der Waals surface area contributed by atoms with Crippen LogP contribution in [0.15, 0.2) is 30.3 Å². The summed E-state index contributed by atoms with van der Waals surface area (Å²) < 4.78 is 21.3. The SMILES string of the molecule is COc1cc(C(=O)Nc2ccc(Cl)cc2)c(OC)c2c1OCO2. The van der Waals surface area contributed by atoms with Gasteiger partial charge in [-0.25, -0.2) is 0 Å². The van der Waals surface area contributed by atoms with Crippen LogP contribution < -0.4 is 24.3 Å². The Labute approximate surface area is 137 Å². The number of fused-ring (bicyclic) bond motifs is 1. The van der Waals surface area contributed by atoms with Crippen LogP contribution in [0.2, 0.25) is 5.02 Å². The second-order valence-electron chi connectivity index (χ2n) is 4.69. The van der Waals surface area contributed by atoms with Gasteiger partial charge in [0.1, 0.15) is 0 Å². The molecule has 0 bridgehead atoms. The Bertz CT molecular complexity index is 745.